The van der Waals surface area contributed by atoms with Crippen LogP contribution < -0.4 is 0 Å². The van der Waals surface area contributed by atoms with Crippen molar-refractivity contribution >= 4 is 17.9 Å². The minimum Gasteiger partial charge on any atom is -0.462 e. The fraction of sp³-hybridized carbons (Fsp3) is 0.533. The Labute approximate surface area is 497 Å². The van der Waals surface area contributed by atoms with Crippen molar-refractivity contribution in [1.82, 2.24) is 0 Å². The Morgan fingerprint density at radius 2 is 0.457 bits per heavy atom. The average Bonchev–Trinajstić information content (AvgIpc) is 3.47. The van der Waals surface area contributed by atoms with Crippen molar-refractivity contribution in [3.05, 3.63) is 194 Å². The molecular weight excluding hydrogens is 997 g/mol. The highest BCUT2D eigenvalue weighted by atomic mass is 16.6. The molecule has 1 atom stereocenters. The molecule has 0 spiro atoms. The van der Waals surface area contributed by atoms with Crippen molar-refractivity contribution in [1.29, 1.82) is 0 Å². The molecule has 0 aliphatic carbocycles. The molecule has 0 fully saturated rings. The maximum absolute atomic E-state index is 12.9. The molecular formula is C75H114O6. The molecule has 0 aliphatic heterocycles. The molecule has 0 heterocycles. The molecule has 6 nitrogen and oxygen atoms in total. The fourth-order valence-electron chi connectivity index (χ4n) is 7.92. The molecule has 0 rings (SSSR count). The first kappa shape index (κ1) is 75.2. The fourth-order valence-corrected chi connectivity index (χ4v) is 7.92. The second-order valence-corrected chi connectivity index (χ2v) is 20.2. The summed E-state index contributed by atoms with van der Waals surface area (Å²) in [5.41, 5.74) is 0. The number of carbonyl (C=O) groups is 3. The zero-order chi connectivity index (χ0) is 58.5. The van der Waals surface area contributed by atoms with Crippen LogP contribution in [0.3, 0.4) is 0 Å². The number of ether oxygens (including phenoxy) is 3. The number of carbonyl (C=O) groups excluding carboxylic acids is 3. The van der Waals surface area contributed by atoms with Crippen molar-refractivity contribution in [2.45, 2.75) is 245 Å². The standard InChI is InChI=1S/C75H114O6/c1-4-7-10-13-16-19-22-25-28-31-33-34-35-36-37-38-39-40-42-44-47-50-53-56-59-62-65-68-74(77)80-71-72(70-79-73(76)67-64-61-58-55-52-49-46-43-30-27-24-21-18-15-12-9-6-3)81-75(78)69-66-63-60-57-54-51-48-45-41-32-29-26-23-20-17-14-11-8-5-2/h7-12,16-21,25-30,33-34,36-37,39-41,44-47,49,55,58,72H,4-6,13-15,22-24,31-32,35,38,42-43,48,50-54,56-57,59-71H2,1-3H3/b10-7-,11-8-,12-9-,19-16-,20-17-,21-18-,28-25-,29-26-,30-27-,34-33-,37-36-,40-39-,45-41-,47-44-,49-46-,58-55-. The Kier molecular flexibility index (Phi) is 62.0. The number of esters is 3. The first-order chi connectivity index (χ1) is 40.0. The van der Waals surface area contributed by atoms with E-state index in [9.17, 15) is 14.4 Å². The summed E-state index contributed by atoms with van der Waals surface area (Å²) in [6, 6.07) is 0. The minimum absolute atomic E-state index is 0.123. The largest absolute Gasteiger partial charge is 0.462 e. The smallest absolute Gasteiger partial charge is 0.306 e. The van der Waals surface area contributed by atoms with E-state index in [0.717, 1.165) is 180 Å². The van der Waals surface area contributed by atoms with Crippen molar-refractivity contribution in [3.63, 3.8) is 0 Å². The zero-order valence-corrected chi connectivity index (χ0v) is 51.5. The van der Waals surface area contributed by atoms with E-state index in [1.807, 2.05) is 0 Å². The Bertz CT molecular complexity index is 1950. The third-order valence-corrected chi connectivity index (χ3v) is 12.6. The van der Waals surface area contributed by atoms with Crippen LogP contribution in [0.4, 0.5) is 0 Å². The summed E-state index contributed by atoms with van der Waals surface area (Å²) < 4.78 is 16.9. The molecule has 0 aromatic rings. The predicted molar refractivity (Wildman–Crippen MR) is 352 cm³/mol. The van der Waals surface area contributed by atoms with Crippen molar-refractivity contribution in [2.24, 2.45) is 0 Å². The third kappa shape index (κ3) is 64.9. The van der Waals surface area contributed by atoms with E-state index < -0.39 is 6.10 Å². The van der Waals surface area contributed by atoms with E-state index >= 15 is 0 Å². The van der Waals surface area contributed by atoms with Gasteiger partial charge >= 0.3 is 17.9 Å². The van der Waals surface area contributed by atoms with Crippen LogP contribution in [0.25, 0.3) is 0 Å². The lowest BCUT2D eigenvalue weighted by atomic mass is 10.1. The second kappa shape index (κ2) is 66.8. The van der Waals surface area contributed by atoms with Crippen molar-refractivity contribution in [2.75, 3.05) is 13.2 Å². The molecule has 0 amide bonds. The number of unbranched alkanes of at least 4 members (excludes halogenated alkanes) is 12. The molecule has 0 saturated heterocycles. The van der Waals surface area contributed by atoms with Gasteiger partial charge in [-0.15, -0.1) is 0 Å². The summed E-state index contributed by atoms with van der Waals surface area (Å²) in [5.74, 6) is -1.02. The number of hydrogen-bond acceptors (Lipinski definition) is 6. The van der Waals surface area contributed by atoms with Crippen LogP contribution in [0.1, 0.15) is 239 Å². The van der Waals surface area contributed by atoms with Gasteiger partial charge < -0.3 is 14.2 Å². The SMILES string of the molecule is CC/C=C\C/C=C\C/C=C\C/C=C\C/C=C\C/C=C\C/C=C\CCCCCCCC(=O)OCC(COC(=O)CCC/C=C\C/C=C\C/C=C\C/C=C\C/C=C\CC)OC(=O)CCCCCCCC/C=C\C/C=C\C/C=C\C/C=C\CC. The Morgan fingerprint density at radius 3 is 0.741 bits per heavy atom. The molecule has 81 heavy (non-hydrogen) atoms. The zero-order valence-electron chi connectivity index (χ0n) is 51.5. The van der Waals surface area contributed by atoms with E-state index in [-0.39, 0.29) is 44.0 Å². The Morgan fingerprint density at radius 1 is 0.247 bits per heavy atom. The lowest BCUT2D eigenvalue weighted by molar-refractivity contribution is -0.167. The summed E-state index contributed by atoms with van der Waals surface area (Å²) in [5, 5.41) is 0. The topological polar surface area (TPSA) is 78.9 Å². The van der Waals surface area contributed by atoms with Crippen LogP contribution in [-0.2, 0) is 28.6 Å². The quantitative estimate of drug-likeness (QED) is 0.0261. The van der Waals surface area contributed by atoms with Crippen LogP contribution in [0.15, 0.2) is 194 Å². The maximum atomic E-state index is 12.9. The van der Waals surface area contributed by atoms with E-state index in [1.165, 1.54) is 12.8 Å². The van der Waals surface area contributed by atoms with Gasteiger partial charge in [0.25, 0.3) is 0 Å². The van der Waals surface area contributed by atoms with Gasteiger partial charge in [-0.1, -0.05) is 260 Å². The highest BCUT2D eigenvalue weighted by Crippen LogP contribution is 2.13. The summed E-state index contributed by atoms with van der Waals surface area (Å²) in [6.45, 7) is 6.21. The third-order valence-electron chi connectivity index (χ3n) is 12.6. The van der Waals surface area contributed by atoms with E-state index in [4.69, 9.17) is 14.2 Å². The van der Waals surface area contributed by atoms with Crippen LogP contribution in [-0.4, -0.2) is 37.2 Å². The lowest BCUT2D eigenvalue weighted by Crippen LogP contribution is -2.30. The molecule has 0 aromatic heterocycles. The first-order valence-corrected chi connectivity index (χ1v) is 31.9. The van der Waals surface area contributed by atoms with E-state index in [2.05, 4.69) is 215 Å². The van der Waals surface area contributed by atoms with Gasteiger partial charge in [0.15, 0.2) is 6.10 Å². The summed E-state index contributed by atoms with van der Waals surface area (Å²) in [6.07, 6.45) is 101. The molecule has 0 aliphatic rings. The lowest BCUT2D eigenvalue weighted by Gasteiger charge is -2.18. The number of hydrogen-bond donors (Lipinski definition) is 0. The van der Waals surface area contributed by atoms with E-state index in [0.29, 0.717) is 12.8 Å². The average molecular weight is 1110 g/mol. The molecule has 0 aromatic carbocycles. The van der Waals surface area contributed by atoms with Crippen LogP contribution in [0.2, 0.25) is 0 Å². The van der Waals surface area contributed by atoms with E-state index in [1.54, 1.807) is 0 Å². The van der Waals surface area contributed by atoms with Crippen LogP contribution in [0.5, 0.6) is 0 Å². The summed E-state index contributed by atoms with van der Waals surface area (Å²) in [4.78, 5) is 38.3. The van der Waals surface area contributed by atoms with Crippen LogP contribution in [0, 0.1) is 0 Å². The summed E-state index contributed by atoms with van der Waals surface area (Å²) in [7, 11) is 0. The van der Waals surface area contributed by atoms with Gasteiger partial charge in [-0.05, 0) is 154 Å². The second-order valence-electron chi connectivity index (χ2n) is 20.2. The monoisotopic (exact) mass is 1110 g/mol. The normalized spacial score (nSPS) is 13.5. The number of allylic oxidation sites excluding steroid dienone is 32. The van der Waals surface area contributed by atoms with Crippen LogP contribution >= 0.6 is 0 Å². The molecule has 0 N–H and O–H groups in total. The Hall–Kier alpha value is -5.75. The van der Waals surface area contributed by atoms with Gasteiger partial charge in [0.1, 0.15) is 13.2 Å². The molecule has 1 unspecified atom stereocenters. The van der Waals surface area contributed by atoms with Gasteiger partial charge in [-0.3, -0.25) is 14.4 Å². The highest BCUT2D eigenvalue weighted by molar-refractivity contribution is 5.71. The molecule has 450 valence electrons. The maximum Gasteiger partial charge on any atom is 0.306 e. The number of rotatable bonds is 55. The van der Waals surface area contributed by atoms with Crippen molar-refractivity contribution < 1.29 is 28.6 Å². The minimum atomic E-state index is -0.831. The predicted octanol–water partition coefficient (Wildman–Crippen LogP) is 22.2. The summed E-state index contributed by atoms with van der Waals surface area (Å²) >= 11 is 0. The van der Waals surface area contributed by atoms with Gasteiger partial charge in [-0.25, -0.2) is 0 Å². The van der Waals surface area contributed by atoms with Gasteiger partial charge in [0.2, 0.25) is 0 Å². The molecule has 6 heteroatoms. The van der Waals surface area contributed by atoms with Gasteiger partial charge in [-0.2, -0.15) is 0 Å². The van der Waals surface area contributed by atoms with Gasteiger partial charge in [0, 0.05) is 19.3 Å². The van der Waals surface area contributed by atoms with Gasteiger partial charge in [0.05, 0.1) is 0 Å². The molecule has 0 radical (unpaired) electrons. The Balaban J connectivity index is 4.55. The molecule has 0 saturated carbocycles. The highest BCUT2D eigenvalue weighted by Gasteiger charge is 2.19. The molecule has 0 bridgehead atoms. The first-order valence-electron chi connectivity index (χ1n) is 31.9. The van der Waals surface area contributed by atoms with Crippen molar-refractivity contribution in [3.8, 4) is 0 Å².